The van der Waals surface area contributed by atoms with Gasteiger partial charge in [0.15, 0.2) is 6.04 Å². The molecule has 1 aliphatic rings. The first-order valence-corrected chi connectivity index (χ1v) is 18.2. The Bertz CT molecular complexity index is 2650. The van der Waals surface area contributed by atoms with E-state index < -0.39 is 91.3 Å². The van der Waals surface area contributed by atoms with Crippen molar-refractivity contribution in [3.63, 3.8) is 0 Å². The standard InChI is InChI=1S/C29H22N6O14S3.Cu.3Na/c1-3-50(41,42)22-13-20(36)19(12-21(22)49-2)31-32-24-23(52(46,47)48)10-14-4-5-15(11-18(14)27(24)37)30-33-25-26(29(39)40)34-35(28(25)38)16-6-8-17(9-7-16)51(43,44)45;;;;/h3-13,25,36-37H,1H2,2H3,(H,39,40)(H,43,44,45)(H,46,47,48);;;;/q;+2;3*+1/p-5. The molecular formula is C29H17CuN6Na3O14S3. The Hall–Kier alpha value is -2.62. The fraction of sp³-hybridized carbons (Fsp3) is 0.0690. The number of ether oxygens (including phenoxy) is 1. The average Bonchev–Trinajstić information content (AvgIpc) is 3.42. The van der Waals surface area contributed by atoms with E-state index >= 15 is 0 Å². The molecule has 0 saturated carbocycles. The Kier molecular flexibility index (Phi) is 18.3. The van der Waals surface area contributed by atoms with E-state index in [2.05, 4.69) is 32.1 Å². The second-order valence-corrected chi connectivity index (χ2v) is 14.9. The molecule has 279 valence electrons. The van der Waals surface area contributed by atoms with Gasteiger partial charge in [0, 0.05) is 11.5 Å². The number of amides is 1. The van der Waals surface area contributed by atoms with Gasteiger partial charge in [-0.1, -0.05) is 24.1 Å². The van der Waals surface area contributed by atoms with Crippen molar-refractivity contribution in [2.75, 3.05) is 12.1 Å². The summed E-state index contributed by atoms with van der Waals surface area (Å²) in [5, 5.41) is 56.8. The summed E-state index contributed by atoms with van der Waals surface area (Å²) in [5.41, 5.74) is -2.90. The number of nitrogens with zero attached hydrogens (tertiary/aromatic N) is 6. The van der Waals surface area contributed by atoms with Crippen molar-refractivity contribution in [1.29, 1.82) is 0 Å². The summed E-state index contributed by atoms with van der Waals surface area (Å²) >= 11 is 0. The van der Waals surface area contributed by atoms with Crippen molar-refractivity contribution in [2.45, 2.75) is 20.7 Å². The number of aliphatic carboxylic acids is 1. The van der Waals surface area contributed by atoms with E-state index in [4.69, 9.17) is 4.74 Å². The summed E-state index contributed by atoms with van der Waals surface area (Å²) in [6.07, 6.45) is 0. The predicted octanol–water partition coefficient (Wildman–Crippen LogP) is -8.25. The number of fused-ring (bicyclic) bond motifs is 1. The number of hydrazone groups is 1. The summed E-state index contributed by atoms with van der Waals surface area (Å²) in [6, 6.07) is 7.45. The third kappa shape index (κ3) is 10.9. The van der Waals surface area contributed by atoms with Crippen LogP contribution in [0.5, 0.6) is 17.2 Å². The number of azo groups is 2. The van der Waals surface area contributed by atoms with Crippen molar-refractivity contribution in [2.24, 2.45) is 25.6 Å². The van der Waals surface area contributed by atoms with Gasteiger partial charge in [-0.05, 0) is 59.3 Å². The second kappa shape index (κ2) is 19.9. The minimum atomic E-state index is -5.40. The Morgan fingerprint density at radius 2 is 1.50 bits per heavy atom. The Morgan fingerprint density at radius 1 is 0.875 bits per heavy atom. The summed E-state index contributed by atoms with van der Waals surface area (Å²) in [7, 11) is -13.3. The number of carboxylic acids is 1. The number of methoxy groups -OCH3 is 1. The van der Waals surface area contributed by atoms with Crippen molar-refractivity contribution < 1.29 is 170 Å². The van der Waals surface area contributed by atoms with Crippen LogP contribution in [0.25, 0.3) is 10.8 Å². The van der Waals surface area contributed by atoms with Gasteiger partial charge < -0.3 is 34.0 Å². The summed E-state index contributed by atoms with van der Waals surface area (Å²) in [6.45, 7) is 3.16. The number of benzene rings is 4. The van der Waals surface area contributed by atoms with Gasteiger partial charge in [-0.3, -0.25) is 4.79 Å². The number of carbonyl (C=O) groups excluding carboxylic acids is 2. The molecule has 0 fully saturated rings. The summed E-state index contributed by atoms with van der Waals surface area (Å²) in [5.74, 6) is -5.62. The van der Waals surface area contributed by atoms with E-state index in [1.54, 1.807) is 0 Å². The fourth-order valence-electron chi connectivity index (χ4n) is 4.61. The van der Waals surface area contributed by atoms with Crippen LogP contribution in [0, 0.1) is 0 Å². The van der Waals surface area contributed by atoms with Crippen LogP contribution in [0.15, 0.2) is 113 Å². The molecule has 4 aromatic carbocycles. The first-order valence-electron chi connectivity index (χ1n) is 13.8. The first-order chi connectivity index (χ1) is 24.3. The van der Waals surface area contributed by atoms with Crippen LogP contribution < -0.4 is 114 Å². The van der Waals surface area contributed by atoms with Crippen LogP contribution in [0.4, 0.5) is 22.7 Å². The van der Waals surface area contributed by atoms with E-state index in [0.717, 1.165) is 61.7 Å². The number of rotatable bonds is 11. The maximum atomic E-state index is 13.5. The number of hydrogen-bond acceptors (Lipinski definition) is 19. The molecule has 27 heteroatoms. The van der Waals surface area contributed by atoms with Gasteiger partial charge in [0.2, 0.25) is 9.84 Å². The molecule has 1 atom stereocenters. The molecule has 5 rings (SSSR count). The van der Waals surface area contributed by atoms with Crippen LogP contribution in [0.2, 0.25) is 0 Å². The molecule has 1 heterocycles. The normalized spacial score (nSPS) is 14.3. The van der Waals surface area contributed by atoms with Crippen molar-refractivity contribution >= 4 is 81.2 Å². The molecule has 0 spiro atoms. The Morgan fingerprint density at radius 3 is 2.04 bits per heavy atom. The second-order valence-electron chi connectivity index (χ2n) is 10.3. The van der Waals surface area contributed by atoms with Crippen LogP contribution in [0.3, 0.4) is 0 Å². The van der Waals surface area contributed by atoms with Gasteiger partial charge >= 0.3 is 106 Å². The molecule has 0 aromatic heterocycles. The largest absolute Gasteiger partial charge is 2.00 e. The van der Waals surface area contributed by atoms with E-state index in [0.29, 0.717) is 16.5 Å². The molecule has 56 heavy (non-hydrogen) atoms. The minimum absolute atomic E-state index is 0. The van der Waals surface area contributed by atoms with E-state index in [1.807, 2.05) is 0 Å². The zero-order valence-corrected chi connectivity index (χ0v) is 38.5. The summed E-state index contributed by atoms with van der Waals surface area (Å²) < 4.78 is 99.5. The third-order valence-electron chi connectivity index (χ3n) is 7.09. The van der Waals surface area contributed by atoms with Gasteiger partial charge in [0.25, 0.3) is 5.91 Å². The van der Waals surface area contributed by atoms with Gasteiger partial charge in [-0.2, -0.15) is 25.5 Å². The van der Waals surface area contributed by atoms with Crippen molar-refractivity contribution in [1.82, 2.24) is 0 Å². The number of sulfone groups is 1. The number of carboxylic acid groups (broad SMARTS) is 1. The zero-order valence-electron chi connectivity index (χ0n) is 29.1. The van der Waals surface area contributed by atoms with Crippen molar-refractivity contribution in [3.8, 4) is 17.2 Å². The fourth-order valence-corrected chi connectivity index (χ4v) is 6.60. The van der Waals surface area contributed by atoms with Crippen LogP contribution in [-0.2, 0) is 56.7 Å². The maximum Gasteiger partial charge on any atom is 2.00 e. The molecule has 0 N–H and O–H groups in total. The average molecular weight is 902 g/mol. The van der Waals surface area contributed by atoms with Gasteiger partial charge in [-0.15, -0.1) is 5.11 Å². The predicted molar refractivity (Wildman–Crippen MR) is 168 cm³/mol. The molecule has 1 unspecified atom stereocenters. The quantitative estimate of drug-likeness (QED) is 0.0767. The van der Waals surface area contributed by atoms with Gasteiger partial charge in [0.05, 0.1) is 45.6 Å². The van der Waals surface area contributed by atoms with Crippen LogP contribution >= 0.6 is 0 Å². The molecule has 4 aromatic rings. The molecule has 1 radical (unpaired) electrons. The Balaban J connectivity index is 0.00000392. The third-order valence-corrected chi connectivity index (χ3v) is 10.2. The van der Waals surface area contributed by atoms with Crippen molar-refractivity contribution in [3.05, 3.63) is 72.7 Å². The molecule has 20 nitrogen and oxygen atoms in total. The number of anilines is 1. The molecule has 1 amide bonds. The molecule has 1 aliphatic heterocycles. The number of hydrogen-bond donors (Lipinski definition) is 0. The first kappa shape index (κ1) is 51.4. The van der Waals surface area contributed by atoms with Crippen LogP contribution in [0.1, 0.15) is 0 Å². The van der Waals surface area contributed by atoms with E-state index in [9.17, 15) is 59.3 Å². The van der Waals surface area contributed by atoms with E-state index in [-0.39, 0.29) is 134 Å². The monoisotopic (exact) mass is 901 g/mol. The topological polar surface area (TPSA) is 326 Å². The van der Waals surface area contributed by atoms with Gasteiger partial charge in [-0.25, -0.2) is 25.3 Å². The SMILES string of the molecule is C=CS(=O)(=O)c1cc([O-])c(N=Nc2c(S(=O)(=O)[O-])cc3ccc(N=NC4C(=O)N(c5ccc(S(=O)(=O)[O-])cc5)N=C4C(=O)[O-])cc3c2[O-])cc1OC.[Cu+2].[Na+].[Na+].[Na+]. The van der Waals surface area contributed by atoms with Gasteiger partial charge in [0.1, 0.15) is 36.6 Å². The zero-order chi connectivity index (χ0) is 38.3. The maximum absolute atomic E-state index is 13.5. The van der Waals surface area contributed by atoms with E-state index in [1.165, 1.54) is 0 Å². The van der Waals surface area contributed by atoms with Crippen LogP contribution in [-0.4, -0.2) is 65.1 Å². The number of carbonyl (C=O) groups is 2. The molecule has 0 bridgehead atoms. The Labute approximate surface area is 394 Å². The summed E-state index contributed by atoms with van der Waals surface area (Å²) in [4.78, 5) is 22.5. The minimum Gasteiger partial charge on any atom is -0.871 e. The smallest absolute Gasteiger partial charge is 0.871 e. The molecule has 0 saturated heterocycles. The molecule has 0 aliphatic carbocycles. The molecular weight excluding hydrogens is 885 g/mol.